The fraction of sp³-hybridized carbons (Fsp3) is 0.217. The van der Waals surface area contributed by atoms with E-state index in [-0.39, 0.29) is 0 Å². The normalized spacial score (nSPS) is 10.8. The Hall–Kier alpha value is -2.42. The predicted molar refractivity (Wildman–Crippen MR) is 103 cm³/mol. The number of ether oxygens (including phenoxy) is 1. The maximum atomic E-state index is 5.90. The second-order valence-electron chi connectivity index (χ2n) is 6.28. The first-order valence-electron chi connectivity index (χ1n) is 8.76. The average Bonchev–Trinajstić information content (AvgIpc) is 2.65. The van der Waals surface area contributed by atoms with Gasteiger partial charge in [0.1, 0.15) is 0 Å². The van der Waals surface area contributed by atoms with Gasteiger partial charge >= 0.3 is 0 Å². The molecule has 0 amide bonds. The highest BCUT2D eigenvalue weighted by molar-refractivity contribution is 5.28. The molecule has 0 unspecified atom stereocenters. The van der Waals surface area contributed by atoms with E-state index in [1.54, 1.807) is 0 Å². The second-order valence-corrected chi connectivity index (χ2v) is 6.28. The average molecular weight is 331 g/mol. The number of hydrogen-bond acceptors (Lipinski definition) is 2. The minimum absolute atomic E-state index is 0.636. The molecular formula is C23H25NO. The molecule has 3 aromatic carbocycles. The first-order chi connectivity index (χ1) is 12.3. The molecule has 0 saturated heterocycles. The van der Waals surface area contributed by atoms with Gasteiger partial charge in [0.25, 0.3) is 0 Å². The molecule has 0 aliphatic carbocycles. The van der Waals surface area contributed by atoms with E-state index in [4.69, 9.17) is 4.74 Å². The van der Waals surface area contributed by atoms with Crippen LogP contribution in [0.4, 0.5) is 0 Å². The Morgan fingerprint density at radius 1 is 0.640 bits per heavy atom. The molecule has 0 fully saturated rings. The molecule has 0 aliphatic heterocycles. The summed E-state index contributed by atoms with van der Waals surface area (Å²) in [5.74, 6) is 0. The predicted octanol–water partition coefficient (Wildman–Crippen LogP) is 5.00. The first kappa shape index (κ1) is 17.4. The molecule has 0 spiro atoms. The molecule has 0 radical (unpaired) electrons. The molecule has 2 nitrogen and oxygen atoms in total. The molecule has 0 heterocycles. The van der Waals surface area contributed by atoms with Gasteiger partial charge in [-0.2, -0.15) is 0 Å². The van der Waals surface area contributed by atoms with Gasteiger partial charge in [0.2, 0.25) is 0 Å². The topological polar surface area (TPSA) is 21.3 Å². The third-order valence-corrected chi connectivity index (χ3v) is 4.38. The lowest BCUT2D eigenvalue weighted by Crippen LogP contribution is -2.15. The molecule has 25 heavy (non-hydrogen) atoms. The van der Waals surface area contributed by atoms with Crippen molar-refractivity contribution in [3.8, 4) is 0 Å². The minimum atomic E-state index is 0.636. The van der Waals surface area contributed by atoms with Crippen molar-refractivity contribution in [2.45, 2.75) is 33.2 Å². The van der Waals surface area contributed by atoms with Crippen LogP contribution >= 0.6 is 0 Å². The SMILES string of the molecule is Cc1ccccc1CNCc1ccccc1COCc1ccccc1. The van der Waals surface area contributed by atoms with Gasteiger partial charge in [-0.3, -0.25) is 0 Å². The highest BCUT2D eigenvalue weighted by atomic mass is 16.5. The number of hydrogen-bond donors (Lipinski definition) is 1. The largest absolute Gasteiger partial charge is 0.372 e. The van der Waals surface area contributed by atoms with Gasteiger partial charge in [-0.15, -0.1) is 0 Å². The van der Waals surface area contributed by atoms with Crippen LogP contribution in [0.15, 0.2) is 78.9 Å². The Morgan fingerprint density at radius 3 is 2.00 bits per heavy atom. The Morgan fingerprint density at radius 2 is 1.24 bits per heavy atom. The smallest absolute Gasteiger partial charge is 0.0724 e. The van der Waals surface area contributed by atoms with Gasteiger partial charge in [0, 0.05) is 13.1 Å². The van der Waals surface area contributed by atoms with Crippen LogP contribution in [-0.2, 0) is 31.0 Å². The Balaban J connectivity index is 1.53. The summed E-state index contributed by atoms with van der Waals surface area (Å²) in [6, 6.07) is 27.3. The van der Waals surface area contributed by atoms with Crippen LogP contribution in [0.2, 0.25) is 0 Å². The van der Waals surface area contributed by atoms with Crippen LogP contribution in [-0.4, -0.2) is 0 Å². The van der Waals surface area contributed by atoms with Gasteiger partial charge in [-0.1, -0.05) is 78.9 Å². The molecular weight excluding hydrogens is 306 g/mol. The quantitative estimate of drug-likeness (QED) is 0.627. The monoisotopic (exact) mass is 331 g/mol. The van der Waals surface area contributed by atoms with E-state index in [1.165, 1.54) is 27.8 Å². The van der Waals surface area contributed by atoms with E-state index < -0.39 is 0 Å². The number of aryl methyl sites for hydroxylation is 1. The van der Waals surface area contributed by atoms with E-state index in [0.29, 0.717) is 13.2 Å². The second kappa shape index (κ2) is 9.16. The Bertz CT molecular complexity index is 783. The van der Waals surface area contributed by atoms with Gasteiger partial charge in [-0.05, 0) is 34.7 Å². The van der Waals surface area contributed by atoms with Crippen molar-refractivity contribution in [1.29, 1.82) is 0 Å². The molecule has 0 aliphatic rings. The Kier molecular flexibility index (Phi) is 6.38. The standard InChI is InChI=1S/C23H25NO/c1-19-9-5-6-12-21(19)15-24-16-22-13-7-8-14-23(22)18-25-17-20-10-3-2-4-11-20/h2-14,24H,15-18H2,1H3. The molecule has 2 heteroatoms. The minimum Gasteiger partial charge on any atom is -0.372 e. The van der Waals surface area contributed by atoms with Crippen molar-refractivity contribution in [2.24, 2.45) is 0 Å². The van der Waals surface area contributed by atoms with Crippen molar-refractivity contribution < 1.29 is 4.74 Å². The molecule has 0 aromatic heterocycles. The molecule has 3 rings (SSSR count). The van der Waals surface area contributed by atoms with Crippen molar-refractivity contribution in [1.82, 2.24) is 5.32 Å². The molecule has 0 saturated carbocycles. The zero-order valence-electron chi connectivity index (χ0n) is 14.7. The van der Waals surface area contributed by atoms with Crippen LogP contribution < -0.4 is 5.32 Å². The fourth-order valence-corrected chi connectivity index (χ4v) is 2.86. The van der Waals surface area contributed by atoms with Gasteiger partial charge in [0.15, 0.2) is 0 Å². The lowest BCUT2D eigenvalue weighted by atomic mass is 10.1. The number of rotatable bonds is 8. The molecule has 1 N–H and O–H groups in total. The fourth-order valence-electron chi connectivity index (χ4n) is 2.86. The van der Waals surface area contributed by atoms with E-state index in [9.17, 15) is 0 Å². The van der Waals surface area contributed by atoms with Crippen molar-refractivity contribution in [3.63, 3.8) is 0 Å². The van der Waals surface area contributed by atoms with Crippen molar-refractivity contribution >= 4 is 0 Å². The van der Waals surface area contributed by atoms with Gasteiger partial charge in [-0.25, -0.2) is 0 Å². The van der Waals surface area contributed by atoms with Gasteiger partial charge < -0.3 is 10.1 Å². The third kappa shape index (κ3) is 5.28. The summed E-state index contributed by atoms with van der Waals surface area (Å²) in [6.45, 7) is 5.16. The van der Waals surface area contributed by atoms with Crippen LogP contribution in [0.1, 0.15) is 27.8 Å². The summed E-state index contributed by atoms with van der Waals surface area (Å²) in [6.07, 6.45) is 0. The number of nitrogens with one attached hydrogen (secondary N) is 1. The highest BCUT2D eigenvalue weighted by Gasteiger charge is 2.03. The molecule has 0 atom stereocenters. The van der Waals surface area contributed by atoms with Crippen LogP contribution in [0.5, 0.6) is 0 Å². The van der Waals surface area contributed by atoms with Crippen molar-refractivity contribution in [2.75, 3.05) is 0 Å². The molecule has 0 bridgehead atoms. The van der Waals surface area contributed by atoms with E-state index >= 15 is 0 Å². The van der Waals surface area contributed by atoms with E-state index in [0.717, 1.165) is 13.1 Å². The van der Waals surface area contributed by atoms with E-state index in [2.05, 4.69) is 72.9 Å². The maximum Gasteiger partial charge on any atom is 0.0724 e. The summed E-state index contributed by atoms with van der Waals surface area (Å²) >= 11 is 0. The maximum absolute atomic E-state index is 5.90. The highest BCUT2D eigenvalue weighted by Crippen LogP contribution is 2.13. The van der Waals surface area contributed by atoms with E-state index in [1.807, 2.05) is 18.2 Å². The summed E-state index contributed by atoms with van der Waals surface area (Å²) in [5.41, 5.74) is 6.42. The summed E-state index contributed by atoms with van der Waals surface area (Å²) in [5, 5.41) is 3.55. The zero-order valence-corrected chi connectivity index (χ0v) is 14.7. The summed E-state index contributed by atoms with van der Waals surface area (Å²) in [7, 11) is 0. The van der Waals surface area contributed by atoms with Gasteiger partial charge in [0.05, 0.1) is 13.2 Å². The lowest BCUT2D eigenvalue weighted by molar-refractivity contribution is 0.106. The molecule has 128 valence electrons. The van der Waals surface area contributed by atoms with Crippen molar-refractivity contribution in [3.05, 3.63) is 107 Å². The first-order valence-corrected chi connectivity index (χ1v) is 8.76. The molecule has 3 aromatic rings. The number of benzene rings is 3. The Labute approximate surface area is 150 Å². The third-order valence-electron chi connectivity index (χ3n) is 4.38. The zero-order chi connectivity index (χ0) is 17.3. The van der Waals surface area contributed by atoms with Crippen LogP contribution in [0.25, 0.3) is 0 Å². The summed E-state index contributed by atoms with van der Waals surface area (Å²) < 4.78 is 5.90. The van der Waals surface area contributed by atoms with Crippen LogP contribution in [0, 0.1) is 6.92 Å². The summed E-state index contributed by atoms with van der Waals surface area (Å²) in [4.78, 5) is 0. The lowest BCUT2D eigenvalue weighted by Gasteiger charge is -2.12. The van der Waals surface area contributed by atoms with Crippen LogP contribution in [0.3, 0.4) is 0 Å².